The van der Waals surface area contributed by atoms with Crippen LogP contribution in [0.1, 0.15) is 39.3 Å². The first-order valence-corrected chi connectivity index (χ1v) is 15.2. The van der Waals surface area contributed by atoms with Crippen molar-refractivity contribution < 1.29 is 13.7 Å². The van der Waals surface area contributed by atoms with Gasteiger partial charge in [0.05, 0.1) is 28.6 Å². The number of pyridine rings is 2. The Kier molecular flexibility index (Phi) is 7.09. The van der Waals surface area contributed by atoms with Gasteiger partial charge in [0.2, 0.25) is 0 Å². The fourth-order valence-corrected chi connectivity index (χ4v) is 6.36. The summed E-state index contributed by atoms with van der Waals surface area (Å²) in [5.74, 6) is 0.866. The van der Waals surface area contributed by atoms with Crippen LogP contribution in [0.2, 0.25) is 0 Å². The van der Waals surface area contributed by atoms with E-state index in [4.69, 9.17) is 24.2 Å². The smallest absolute Gasteiger partial charge is 0.150 e. The van der Waals surface area contributed by atoms with E-state index < -0.39 is 9.73 Å². The van der Waals surface area contributed by atoms with Crippen molar-refractivity contribution in [3.05, 3.63) is 54.9 Å². The Morgan fingerprint density at radius 2 is 1.82 bits per heavy atom. The summed E-state index contributed by atoms with van der Waals surface area (Å²) in [4.78, 5) is 12.8. The van der Waals surface area contributed by atoms with Crippen LogP contribution in [-0.4, -0.2) is 62.1 Å². The highest BCUT2D eigenvalue weighted by Crippen LogP contribution is 2.37. The molecule has 0 radical (unpaired) electrons. The van der Waals surface area contributed by atoms with Crippen LogP contribution < -0.4 is 4.90 Å². The van der Waals surface area contributed by atoms with E-state index in [0.29, 0.717) is 18.1 Å². The normalized spacial score (nSPS) is 19.9. The van der Waals surface area contributed by atoms with Gasteiger partial charge in [-0.25, -0.2) is 18.7 Å². The Balaban J connectivity index is 1.52. The Labute approximate surface area is 229 Å². The molecule has 2 aliphatic heterocycles. The molecule has 2 aliphatic rings. The number of anilines is 1. The molecule has 39 heavy (non-hydrogen) atoms. The van der Waals surface area contributed by atoms with E-state index in [1.165, 1.54) is 0 Å². The van der Waals surface area contributed by atoms with Gasteiger partial charge in [-0.05, 0) is 74.6 Å². The average Bonchev–Trinajstić information content (AvgIpc) is 3.47. The van der Waals surface area contributed by atoms with E-state index in [0.717, 1.165) is 78.2 Å². The molecule has 1 N–H and O–H groups in total. The molecule has 0 saturated carbocycles. The summed E-state index contributed by atoms with van der Waals surface area (Å²) in [6.07, 6.45) is 6.59. The number of hydrogen-bond acceptors (Lipinski definition) is 8. The molecular formula is C29H34N6O3S. The Morgan fingerprint density at radius 1 is 1.03 bits per heavy atom. The fourth-order valence-electron chi connectivity index (χ4n) is 5.28. The summed E-state index contributed by atoms with van der Waals surface area (Å²) < 4.78 is 34.9. The summed E-state index contributed by atoms with van der Waals surface area (Å²) in [5, 5.41) is 5.33. The van der Waals surface area contributed by atoms with Gasteiger partial charge in [-0.1, -0.05) is 12.1 Å². The molecule has 204 valence electrons. The van der Waals surface area contributed by atoms with Gasteiger partial charge in [-0.2, -0.15) is 5.10 Å². The average molecular weight is 547 g/mol. The standard InChI is InChI=1S/C29H34N6O3S/c1-20(2)39(30,36)22-8-6-21(7-9-22)24-19-26(34-14-17-37-18-15-34)33-28-23(24)10-12-31-29(28)25-11-13-32-35(25)27-5-3-4-16-38-27/h6-13,19-20,27,30H,3-5,14-18H2,1-2H3. The zero-order chi connectivity index (χ0) is 27.0. The van der Waals surface area contributed by atoms with Gasteiger partial charge in [0.15, 0.2) is 6.23 Å². The molecule has 6 rings (SSSR count). The van der Waals surface area contributed by atoms with E-state index in [9.17, 15) is 4.21 Å². The minimum absolute atomic E-state index is 0.115. The van der Waals surface area contributed by atoms with Crippen LogP contribution in [0.25, 0.3) is 33.4 Å². The van der Waals surface area contributed by atoms with Gasteiger partial charge in [0.1, 0.15) is 17.0 Å². The van der Waals surface area contributed by atoms with Crippen LogP contribution >= 0.6 is 0 Å². The van der Waals surface area contributed by atoms with Crippen molar-refractivity contribution in [1.82, 2.24) is 19.7 Å². The second-order valence-corrected chi connectivity index (χ2v) is 13.0. The lowest BCUT2D eigenvalue weighted by Gasteiger charge is -2.29. The number of aromatic nitrogens is 4. The summed E-state index contributed by atoms with van der Waals surface area (Å²) in [5.41, 5.74) is 4.43. The van der Waals surface area contributed by atoms with Gasteiger partial charge in [0, 0.05) is 47.6 Å². The first-order chi connectivity index (χ1) is 18.9. The summed E-state index contributed by atoms with van der Waals surface area (Å²) in [6.45, 7) is 7.21. The molecule has 9 nitrogen and oxygen atoms in total. The monoisotopic (exact) mass is 546 g/mol. The van der Waals surface area contributed by atoms with Gasteiger partial charge in [0.25, 0.3) is 0 Å². The highest BCUT2D eigenvalue weighted by Gasteiger charge is 2.24. The number of fused-ring (bicyclic) bond motifs is 1. The second-order valence-electron chi connectivity index (χ2n) is 10.3. The molecule has 0 aliphatic carbocycles. The lowest BCUT2D eigenvalue weighted by atomic mass is 10.00. The summed E-state index contributed by atoms with van der Waals surface area (Å²) in [6, 6.07) is 13.7. The molecule has 5 heterocycles. The van der Waals surface area contributed by atoms with Crippen LogP contribution in [0.15, 0.2) is 59.8 Å². The molecule has 4 aromatic rings. The van der Waals surface area contributed by atoms with E-state index in [-0.39, 0.29) is 11.5 Å². The SMILES string of the molecule is CC(C)S(=N)(=O)c1ccc(-c2cc(N3CCOCC3)nc3c(-c4ccnn4C4CCCCO4)nccc23)cc1. The molecule has 2 unspecified atom stereocenters. The molecule has 0 bridgehead atoms. The number of hydrogen-bond donors (Lipinski definition) is 1. The Hall–Kier alpha value is -3.34. The predicted octanol–water partition coefficient (Wildman–Crippen LogP) is 5.51. The van der Waals surface area contributed by atoms with E-state index in [2.05, 4.69) is 16.1 Å². The zero-order valence-electron chi connectivity index (χ0n) is 22.4. The third-order valence-corrected chi connectivity index (χ3v) is 9.87. The quantitative estimate of drug-likeness (QED) is 0.340. The second kappa shape index (κ2) is 10.7. The molecule has 0 spiro atoms. The molecule has 0 amide bonds. The van der Waals surface area contributed by atoms with Crippen molar-refractivity contribution in [2.24, 2.45) is 0 Å². The molecule has 2 fully saturated rings. The number of benzene rings is 1. The number of nitrogens with zero attached hydrogens (tertiary/aromatic N) is 5. The van der Waals surface area contributed by atoms with Crippen LogP contribution in [-0.2, 0) is 19.2 Å². The van der Waals surface area contributed by atoms with Crippen LogP contribution in [0.4, 0.5) is 5.82 Å². The van der Waals surface area contributed by atoms with Crippen LogP contribution in [0.3, 0.4) is 0 Å². The lowest BCUT2D eigenvalue weighted by Crippen LogP contribution is -2.36. The topological polar surface area (TPSA) is 106 Å². The minimum Gasteiger partial charge on any atom is -0.378 e. The molecule has 1 aromatic carbocycles. The predicted molar refractivity (Wildman–Crippen MR) is 152 cm³/mol. The Bertz CT molecular complexity index is 1570. The molecule has 10 heteroatoms. The molecule has 2 saturated heterocycles. The third kappa shape index (κ3) is 4.92. The first kappa shape index (κ1) is 25.9. The van der Waals surface area contributed by atoms with Crippen molar-refractivity contribution in [3.63, 3.8) is 0 Å². The zero-order valence-corrected chi connectivity index (χ0v) is 23.2. The maximum absolute atomic E-state index is 13.0. The van der Waals surface area contributed by atoms with Crippen LogP contribution in [0, 0.1) is 4.78 Å². The van der Waals surface area contributed by atoms with Crippen molar-refractivity contribution in [2.45, 2.75) is 49.5 Å². The highest BCUT2D eigenvalue weighted by atomic mass is 32.2. The third-order valence-electron chi connectivity index (χ3n) is 7.57. The highest BCUT2D eigenvalue weighted by molar-refractivity contribution is 7.93. The molecule has 2 atom stereocenters. The molecule has 3 aromatic heterocycles. The van der Waals surface area contributed by atoms with Gasteiger partial charge in [-0.3, -0.25) is 4.98 Å². The number of rotatable bonds is 6. The fraction of sp³-hybridized carbons (Fsp3) is 0.414. The summed E-state index contributed by atoms with van der Waals surface area (Å²) >= 11 is 0. The van der Waals surface area contributed by atoms with Crippen molar-refractivity contribution >= 4 is 26.4 Å². The van der Waals surface area contributed by atoms with Gasteiger partial charge in [-0.15, -0.1) is 0 Å². The van der Waals surface area contributed by atoms with Gasteiger partial charge < -0.3 is 14.4 Å². The maximum Gasteiger partial charge on any atom is 0.150 e. The van der Waals surface area contributed by atoms with Crippen molar-refractivity contribution in [1.29, 1.82) is 4.78 Å². The summed E-state index contributed by atoms with van der Waals surface area (Å²) in [7, 11) is -2.86. The van der Waals surface area contributed by atoms with Crippen LogP contribution in [0.5, 0.6) is 0 Å². The first-order valence-electron chi connectivity index (χ1n) is 13.6. The Morgan fingerprint density at radius 3 is 2.54 bits per heavy atom. The largest absolute Gasteiger partial charge is 0.378 e. The molecular weight excluding hydrogens is 512 g/mol. The van der Waals surface area contributed by atoms with E-state index in [1.54, 1.807) is 6.20 Å². The maximum atomic E-state index is 13.0. The minimum atomic E-state index is -2.86. The van der Waals surface area contributed by atoms with Crippen molar-refractivity contribution in [3.8, 4) is 22.5 Å². The van der Waals surface area contributed by atoms with E-state index in [1.807, 2.05) is 61.1 Å². The lowest BCUT2D eigenvalue weighted by molar-refractivity contribution is -0.0383. The van der Waals surface area contributed by atoms with E-state index >= 15 is 0 Å². The van der Waals surface area contributed by atoms with Gasteiger partial charge >= 0.3 is 0 Å². The number of morpholine rings is 1. The number of ether oxygens (including phenoxy) is 2. The number of nitrogens with one attached hydrogen (secondary N) is 1. The van der Waals surface area contributed by atoms with Crippen molar-refractivity contribution in [2.75, 3.05) is 37.8 Å².